The molecule has 1 aliphatic rings. The van der Waals surface area contributed by atoms with Crippen molar-refractivity contribution in [1.82, 2.24) is 9.69 Å². The Morgan fingerprint density at radius 1 is 1.09 bits per heavy atom. The molecule has 1 aliphatic carbocycles. The van der Waals surface area contributed by atoms with Crippen molar-refractivity contribution in [3.05, 3.63) is 70.9 Å². The third-order valence-electron chi connectivity index (χ3n) is 6.28. The number of fused-ring (bicyclic) bond motifs is 3. The van der Waals surface area contributed by atoms with E-state index in [1.165, 1.54) is 0 Å². The van der Waals surface area contributed by atoms with Gasteiger partial charge in [-0.25, -0.2) is 9.59 Å². The minimum Gasteiger partial charge on any atom is -0.478 e. The summed E-state index contributed by atoms with van der Waals surface area (Å²) >= 11 is 0.893. The number of rotatable bonds is 8. The van der Waals surface area contributed by atoms with Crippen molar-refractivity contribution in [2.45, 2.75) is 45.1 Å². The van der Waals surface area contributed by atoms with Crippen LogP contribution in [0.3, 0.4) is 0 Å². The number of anilines is 1. The molecule has 1 unspecified atom stereocenters. The van der Waals surface area contributed by atoms with E-state index in [2.05, 4.69) is 27.1 Å². The molecule has 9 heteroatoms. The van der Waals surface area contributed by atoms with Crippen LogP contribution in [0.5, 0.6) is 0 Å². The lowest BCUT2D eigenvalue weighted by Gasteiger charge is -2.29. The van der Waals surface area contributed by atoms with E-state index in [1.54, 1.807) is 13.8 Å². The van der Waals surface area contributed by atoms with Gasteiger partial charge in [-0.2, -0.15) is 4.37 Å². The molecule has 0 saturated carbocycles. The van der Waals surface area contributed by atoms with E-state index in [4.69, 9.17) is 4.74 Å². The zero-order valence-corrected chi connectivity index (χ0v) is 20.6. The van der Waals surface area contributed by atoms with Crippen LogP contribution < -0.4 is 10.6 Å². The van der Waals surface area contributed by atoms with Crippen LogP contribution in [-0.4, -0.2) is 39.6 Å². The molecule has 8 nitrogen and oxygen atoms in total. The molecule has 3 N–H and O–H groups in total. The molecule has 2 aromatic carbocycles. The summed E-state index contributed by atoms with van der Waals surface area (Å²) in [6.45, 7) is 5.18. The maximum atomic E-state index is 13.1. The Kier molecular flexibility index (Phi) is 6.88. The van der Waals surface area contributed by atoms with Crippen LogP contribution in [0, 0.1) is 6.92 Å². The van der Waals surface area contributed by atoms with Crippen LogP contribution in [-0.2, 0) is 9.53 Å². The van der Waals surface area contributed by atoms with Gasteiger partial charge in [0.2, 0.25) is 0 Å². The van der Waals surface area contributed by atoms with Crippen LogP contribution >= 0.6 is 11.5 Å². The van der Waals surface area contributed by atoms with Crippen molar-refractivity contribution >= 4 is 34.5 Å². The Morgan fingerprint density at radius 3 is 2.26 bits per heavy atom. The maximum Gasteiger partial charge on any atom is 0.408 e. The Labute approximate surface area is 207 Å². The Bertz CT molecular complexity index is 1240. The van der Waals surface area contributed by atoms with Crippen molar-refractivity contribution in [3.63, 3.8) is 0 Å². The topological polar surface area (TPSA) is 118 Å². The number of amides is 2. The molecule has 2 amide bonds. The van der Waals surface area contributed by atoms with Crippen LogP contribution in [0.15, 0.2) is 48.5 Å². The number of alkyl carbamates (subject to hydrolysis) is 1. The number of aromatic nitrogens is 1. The summed E-state index contributed by atoms with van der Waals surface area (Å²) in [5.41, 5.74) is 3.41. The van der Waals surface area contributed by atoms with Gasteiger partial charge in [-0.05, 0) is 54.1 Å². The van der Waals surface area contributed by atoms with Crippen molar-refractivity contribution in [2.75, 3.05) is 11.9 Å². The molecule has 0 radical (unpaired) electrons. The largest absolute Gasteiger partial charge is 0.478 e. The molecule has 0 aliphatic heterocycles. The number of aryl methyl sites for hydroxylation is 1. The van der Waals surface area contributed by atoms with Crippen molar-refractivity contribution in [1.29, 1.82) is 0 Å². The third-order valence-corrected chi connectivity index (χ3v) is 7.13. The summed E-state index contributed by atoms with van der Waals surface area (Å²) in [4.78, 5) is 37.5. The molecule has 4 rings (SSSR count). The molecule has 1 aromatic heterocycles. The lowest BCUT2D eigenvalue weighted by Crippen LogP contribution is -2.54. The third kappa shape index (κ3) is 4.77. The molecular weight excluding hydrogens is 466 g/mol. The van der Waals surface area contributed by atoms with Gasteiger partial charge in [0.1, 0.15) is 22.7 Å². The fourth-order valence-corrected chi connectivity index (χ4v) is 5.32. The fourth-order valence-electron chi connectivity index (χ4n) is 4.54. The first-order valence-electron chi connectivity index (χ1n) is 11.4. The summed E-state index contributed by atoms with van der Waals surface area (Å²) in [6, 6.07) is 16.1. The lowest BCUT2D eigenvalue weighted by atomic mass is 9.95. The highest BCUT2D eigenvalue weighted by Crippen LogP contribution is 2.44. The molecule has 1 heterocycles. The molecule has 0 fully saturated rings. The molecular formula is C26H27N3O5S. The highest BCUT2D eigenvalue weighted by molar-refractivity contribution is 7.11. The fraction of sp³-hybridized carbons (Fsp3) is 0.308. The molecule has 0 spiro atoms. The molecule has 35 heavy (non-hydrogen) atoms. The average molecular weight is 494 g/mol. The Hall–Kier alpha value is -3.72. The summed E-state index contributed by atoms with van der Waals surface area (Å²) in [5.74, 6) is -1.80. The predicted molar refractivity (Wildman–Crippen MR) is 134 cm³/mol. The first-order chi connectivity index (χ1) is 16.7. The van der Waals surface area contributed by atoms with Crippen LogP contribution in [0.4, 0.5) is 9.80 Å². The maximum absolute atomic E-state index is 13.1. The molecule has 0 saturated heterocycles. The number of aromatic carboxylic acids is 1. The van der Waals surface area contributed by atoms with Crippen molar-refractivity contribution in [3.8, 4) is 11.1 Å². The minimum absolute atomic E-state index is 0.0525. The van der Waals surface area contributed by atoms with Crippen molar-refractivity contribution in [2.24, 2.45) is 0 Å². The van der Waals surface area contributed by atoms with Gasteiger partial charge in [0, 0.05) is 5.92 Å². The predicted octanol–water partition coefficient (Wildman–Crippen LogP) is 5.19. The Balaban J connectivity index is 1.47. The number of hydrogen-bond donors (Lipinski definition) is 3. The quantitative estimate of drug-likeness (QED) is 0.398. The van der Waals surface area contributed by atoms with Gasteiger partial charge in [-0.3, -0.25) is 4.79 Å². The smallest absolute Gasteiger partial charge is 0.408 e. The van der Waals surface area contributed by atoms with E-state index >= 15 is 0 Å². The standard InChI is InChI=1S/C26H27N3O5S/c1-4-13-26(3,24(32)27-22-21(23(30)31)15(2)29-35-22)28-25(33)34-14-20-18-11-7-5-9-16(18)17-10-6-8-12-19(17)20/h5-12,20H,4,13-14H2,1-3H3,(H,27,32)(H,28,33)(H,30,31). The van der Waals surface area contributed by atoms with Gasteiger partial charge in [-0.1, -0.05) is 61.9 Å². The first kappa shape index (κ1) is 24.4. The summed E-state index contributed by atoms with van der Waals surface area (Å²) < 4.78 is 9.64. The number of nitrogens with zero attached hydrogens (tertiary/aromatic N) is 1. The van der Waals surface area contributed by atoms with E-state index in [0.717, 1.165) is 33.8 Å². The van der Waals surface area contributed by atoms with E-state index in [1.807, 2.05) is 43.3 Å². The molecule has 1 atom stereocenters. The zero-order valence-electron chi connectivity index (χ0n) is 19.8. The second kappa shape index (κ2) is 9.87. The number of ether oxygens (including phenoxy) is 1. The Morgan fingerprint density at radius 2 is 1.69 bits per heavy atom. The summed E-state index contributed by atoms with van der Waals surface area (Å²) in [7, 11) is 0. The SMILES string of the molecule is CCCC(C)(NC(=O)OCC1c2ccccc2-c2ccccc21)C(=O)Nc1snc(C)c1C(=O)O. The summed E-state index contributed by atoms with van der Waals surface area (Å²) in [5, 5.41) is 14.9. The number of carbonyl (C=O) groups excluding carboxylic acids is 2. The summed E-state index contributed by atoms with van der Waals surface area (Å²) in [6.07, 6.45) is 0.238. The van der Waals surface area contributed by atoms with Crippen molar-refractivity contribution < 1.29 is 24.2 Å². The number of carboxylic acids is 1. The number of carboxylic acid groups (broad SMARTS) is 1. The van der Waals surface area contributed by atoms with Gasteiger partial charge in [-0.15, -0.1) is 0 Å². The molecule has 0 bridgehead atoms. The number of benzene rings is 2. The number of carbonyl (C=O) groups is 3. The second-order valence-corrected chi connectivity index (χ2v) is 9.54. The normalized spacial score (nSPS) is 13.9. The van der Waals surface area contributed by atoms with E-state index in [-0.39, 0.29) is 23.1 Å². The number of hydrogen-bond acceptors (Lipinski definition) is 6. The molecule has 182 valence electrons. The molecule has 3 aromatic rings. The lowest BCUT2D eigenvalue weighted by molar-refractivity contribution is -0.122. The minimum atomic E-state index is -1.30. The first-order valence-corrected chi connectivity index (χ1v) is 12.2. The highest BCUT2D eigenvalue weighted by Gasteiger charge is 2.37. The zero-order chi connectivity index (χ0) is 25.2. The van der Waals surface area contributed by atoms with Crippen LogP contribution in [0.2, 0.25) is 0 Å². The van der Waals surface area contributed by atoms with Gasteiger partial charge in [0.15, 0.2) is 0 Å². The van der Waals surface area contributed by atoms with Crippen LogP contribution in [0.25, 0.3) is 11.1 Å². The van der Waals surface area contributed by atoms with E-state index in [0.29, 0.717) is 18.5 Å². The average Bonchev–Trinajstić information content (AvgIpc) is 3.35. The van der Waals surface area contributed by atoms with E-state index in [9.17, 15) is 19.5 Å². The van der Waals surface area contributed by atoms with E-state index < -0.39 is 23.5 Å². The van der Waals surface area contributed by atoms with Crippen LogP contribution in [0.1, 0.15) is 59.8 Å². The van der Waals surface area contributed by atoms with Gasteiger partial charge < -0.3 is 20.5 Å². The highest BCUT2D eigenvalue weighted by atomic mass is 32.1. The van der Waals surface area contributed by atoms with Gasteiger partial charge in [0.05, 0.1) is 5.69 Å². The van der Waals surface area contributed by atoms with Gasteiger partial charge >= 0.3 is 12.1 Å². The second-order valence-electron chi connectivity index (χ2n) is 8.76. The monoisotopic (exact) mass is 493 g/mol. The number of nitrogens with one attached hydrogen (secondary N) is 2. The van der Waals surface area contributed by atoms with Gasteiger partial charge in [0.25, 0.3) is 5.91 Å².